The molecule has 0 fully saturated rings. The van der Waals surface area contributed by atoms with Crippen molar-refractivity contribution < 1.29 is 4.79 Å². The number of rotatable bonds is 4. The number of hydrogen-bond donors (Lipinski definition) is 1. The van der Waals surface area contributed by atoms with Gasteiger partial charge in [0.05, 0.1) is 0 Å². The predicted octanol–water partition coefficient (Wildman–Crippen LogP) is 4.01. The van der Waals surface area contributed by atoms with Crippen LogP contribution in [-0.4, -0.2) is 19.5 Å². The lowest BCUT2D eigenvalue weighted by molar-refractivity contribution is 0.0993. The Labute approximate surface area is 126 Å². The summed E-state index contributed by atoms with van der Waals surface area (Å²) in [7, 11) is 1.81. The minimum atomic E-state index is 0.00282. The molecular weight excluding hydrogens is 260 g/mol. The van der Waals surface area contributed by atoms with Crippen LogP contribution in [0.2, 0.25) is 0 Å². The van der Waals surface area contributed by atoms with Gasteiger partial charge in [-0.1, -0.05) is 6.07 Å². The first-order valence-electron chi connectivity index (χ1n) is 7.21. The number of carbonyl (C=O) groups is 1. The van der Waals surface area contributed by atoms with E-state index in [-0.39, 0.29) is 5.91 Å². The van der Waals surface area contributed by atoms with Crippen LogP contribution in [0.4, 0.5) is 11.4 Å². The van der Waals surface area contributed by atoms with Crippen LogP contribution in [0, 0.1) is 13.8 Å². The Balaban J connectivity index is 2.22. The van der Waals surface area contributed by atoms with Gasteiger partial charge in [-0.2, -0.15) is 0 Å². The summed E-state index contributed by atoms with van der Waals surface area (Å²) in [6, 6.07) is 13.7. The fraction of sp³-hybridized carbons (Fsp3) is 0.278. The van der Waals surface area contributed by atoms with Gasteiger partial charge in [0.15, 0.2) is 0 Å². The Morgan fingerprint density at radius 2 is 1.62 bits per heavy atom. The number of nitrogens with one attached hydrogen (secondary N) is 1. The molecule has 1 amide bonds. The van der Waals surface area contributed by atoms with Crippen LogP contribution in [0.1, 0.15) is 28.4 Å². The molecule has 0 aliphatic rings. The standard InChI is InChI=1S/C18H22N2O/c1-5-19-16-8-6-15(7-9-16)18(21)20(4)17-11-13(2)10-14(3)12-17/h6-12,19H,5H2,1-4H3. The van der Waals surface area contributed by atoms with Crippen molar-refractivity contribution in [3.8, 4) is 0 Å². The first-order chi connectivity index (χ1) is 10.0. The molecule has 2 aromatic rings. The zero-order valence-electron chi connectivity index (χ0n) is 13.1. The van der Waals surface area contributed by atoms with E-state index in [1.54, 1.807) is 4.90 Å². The highest BCUT2D eigenvalue weighted by atomic mass is 16.2. The monoisotopic (exact) mass is 282 g/mol. The molecule has 110 valence electrons. The summed E-state index contributed by atoms with van der Waals surface area (Å²) in [6.45, 7) is 7.00. The number of anilines is 2. The third-order valence-corrected chi connectivity index (χ3v) is 3.41. The lowest BCUT2D eigenvalue weighted by Gasteiger charge is -2.19. The molecule has 0 bridgehead atoms. The van der Waals surface area contributed by atoms with Crippen LogP contribution >= 0.6 is 0 Å². The molecule has 0 aliphatic heterocycles. The predicted molar refractivity (Wildman–Crippen MR) is 89.3 cm³/mol. The van der Waals surface area contributed by atoms with Crippen molar-refractivity contribution in [3.05, 3.63) is 59.2 Å². The Hall–Kier alpha value is -2.29. The van der Waals surface area contributed by atoms with Crippen molar-refractivity contribution in [1.82, 2.24) is 0 Å². The van der Waals surface area contributed by atoms with Crippen LogP contribution < -0.4 is 10.2 Å². The molecule has 0 unspecified atom stereocenters. The first kappa shape index (κ1) is 15.1. The molecule has 21 heavy (non-hydrogen) atoms. The topological polar surface area (TPSA) is 32.3 Å². The van der Waals surface area contributed by atoms with Crippen LogP contribution in [0.3, 0.4) is 0 Å². The molecule has 3 nitrogen and oxygen atoms in total. The number of nitrogens with zero attached hydrogens (tertiary/aromatic N) is 1. The van der Waals surface area contributed by atoms with E-state index in [4.69, 9.17) is 0 Å². The Morgan fingerprint density at radius 3 is 2.14 bits per heavy atom. The average Bonchev–Trinajstić information content (AvgIpc) is 2.46. The van der Waals surface area contributed by atoms with E-state index in [0.717, 1.165) is 29.0 Å². The highest BCUT2D eigenvalue weighted by Gasteiger charge is 2.13. The quantitative estimate of drug-likeness (QED) is 0.919. The molecule has 0 saturated heterocycles. The Morgan fingerprint density at radius 1 is 1.05 bits per heavy atom. The molecule has 0 aliphatic carbocycles. The number of aryl methyl sites for hydroxylation is 2. The van der Waals surface area contributed by atoms with Crippen molar-refractivity contribution in [3.63, 3.8) is 0 Å². The first-order valence-corrected chi connectivity index (χ1v) is 7.21. The summed E-state index contributed by atoms with van der Waals surface area (Å²) in [5.41, 5.74) is 4.97. The van der Waals surface area contributed by atoms with Gasteiger partial charge in [0.25, 0.3) is 5.91 Å². The van der Waals surface area contributed by atoms with Crippen molar-refractivity contribution in [2.45, 2.75) is 20.8 Å². The normalized spacial score (nSPS) is 10.3. The molecule has 2 rings (SSSR count). The molecule has 0 heterocycles. The van der Waals surface area contributed by atoms with Crippen molar-refractivity contribution in [2.24, 2.45) is 0 Å². The number of amides is 1. The third kappa shape index (κ3) is 3.63. The molecular formula is C18H22N2O. The minimum Gasteiger partial charge on any atom is -0.385 e. The maximum Gasteiger partial charge on any atom is 0.258 e. The van der Waals surface area contributed by atoms with E-state index in [0.29, 0.717) is 5.56 Å². The fourth-order valence-corrected chi connectivity index (χ4v) is 2.39. The van der Waals surface area contributed by atoms with E-state index < -0.39 is 0 Å². The number of hydrogen-bond acceptors (Lipinski definition) is 2. The Kier molecular flexibility index (Phi) is 4.63. The average molecular weight is 282 g/mol. The molecule has 0 saturated carbocycles. The summed E-state index contributed by atoms with van der Waals surface area (Å²) in [4.78, 5) is 14.2. The second-order valence-corrected chi connectivity index (χ2v) is 5.32. The third-order valence-electron chi connectivity index (χ3n) is 3.41. The molecule has 3 heteroatoms. The lowest BCUT2D eigenvalue weighted by atomic mass is 10.1. The van der Waals surface area contributed by atoms with E-state index in [9.17, 15) is 4.79 Å². The van der Waals surface area contributed by atoms with Gasteiger partial charge in [-0.3, -0.25) is 4.79 Å². The van der Waals surface area contributed by atoms with Crippen molar-refractivity contribution in [1.29, 1.82) is 0 Å². The minimum absolute atomic E-state index is 0.00282. The second-order valence-electron chi connectivity index (χ2n) is 5.32. The van der Waals surface area contributed by atoms with Gasteiger partial charge < -0.3 is 10.2 Å². The SMILES string of the molecule is CCNc1ccc(C(=O)N(C)c2cc(C)cc(C)c2)cc1. The van der Waals surface area contributed by atoms with E-state index in [1.807, 2.05) is 64.2 Å². The van der Waals surface area contributed by atoms with Crippen LogP contribution in [0.25, 0.3) is 0 Å². The molecule has 0 spiro atoms. The van der Waals surface area contributed by atoms with E-state index in [2.05, 4.69) is 11.4 Å². The zero-order valence-corrected chi connectivity index (χ0v) is 13.1. The summed E-state index contributed by atoms with van der Waals surface area (Å²) in [6.07, 6.45) is 0. The summed E-state index contributed by atoms with van der Waals surface area (Å²) in [5.74, 6) is 0.00282. The van der Waals surface area contributed by atoms with Gasteiger partial charge in [0.2, 0.25) is 0 Å². The Bertz CT molecular complexity index is 612. The maximum atomic E-state index is 12.5. The molecule has 1 N–H and O–H groups in total. The van der Waals surface area contributed by atoms with Gasteiger partial charge >= 0.3 is 0 Å². The van der Waals surface area contributed by atoms with Gasteiger partial charge in [0, 0.05) is 30.5 Å². The van der Waals surface area contributed by atoms with E-state index in [1.165, 1.54) is 0 Å². The van der Waals surface area contributed by atoms with Gasteiger partial charge in [-0.15, -0.1) is 0 Å². The van der Waals surface area contributed by atoms with Crippen molar-refractivity contribution >= 4 is 17.3 Å². The van der Waals surface area contributed by atoms with Crippen LogP contribution in [0.15, 0.2) is 42.5 Å². The zero-order chi connectivity index (χ0) is 15.4. The summed E-state index contributed by atoms with van der Waals surface area (Å²) < 4.78 is 0. The van der Waals surface area contributed by atoms with Crippen LogP contribution in [0.5, 0.6) is 0 Å². The van der Waals surface area contributed by atoms with Gasteiger partial charge in [-0.05, 0) is 68.3 Å². The summed E-state index contributed by atoms with van der Waals surface area (Å²) >= 11 is 0. The molecule has 0 aromatic heterocycles. The molecule has 2 aromatic carbocycles. The van der Waals surface area contributed by atoms with Gasteiger partial charge in [-0.25, -0.2) is 0 Å². The summed E-state index contributed by atoms with van der Waals surface area (Å²) in [5, 5.41) is 3.22. The van der Waals surface area contributed by atoms with Gasteiger partial charge in [0.1, 0.15) is 0 Å². The largest absolute Gasteiger partial charge is 0.385 e. The molecule has 0 atom stereocenters. The van der Waals surface area contributed by atoms with E-state index >= 15 is 0 Å². The number of carbonyl (C=O) groups excluding carboxylic acids is 1. The lowest BCUT2D eigenvalue weighted by Crippen LogP contribution is -2.26. The van der Waals surface area contributed by atoms with Crippen LogP contribution in [-0.2, 0) is 0 Å². The molecule has 0 radical (unpaired) electrons. The smallest absolute Gasteiger partial charge is 0.258 e. The fourth-order valence-electron chi connectivity index (χ4n) is 2.39. The number of benzene rings is 2. The highest BCUT2D eigenvalue weighted by Crippen LogP contribution is 2.20. The van der Waals surface area contributed by atoms with Crippen molar-refractivity contribution in [2.75, 3.05) is 23.8 Å². The maximum absolute atomic E-state index is 12.5. The second kappa shape index (κ2) is 6.44. The highest BCUT2D eigenvalue weighted by molar-refractivity contribution is 6.05.